The molecule has 2 aromatic rings. The van der Waals surface area contributed by atoms with Crippen LogP contribution in [0, 0.1) is 5.82 Å². The minimum Gasteiger partial charge on any atom is -0.481 e. The van der Waals surface area contributed by atoms with Gasteiger partial charge in [-0.2, -0.15) is 0 Å². The van der Waals surface area contributed by atoms with Gasteiger partial charge in [-0.15, -0.1) is 0 Å². The molecule has 0 bridgehead atoms. The molecule has 2 atom stereocenters. The molecule has 1 aromatic heterocycles. The first-order valence-corrected chi connectivity index (χ1v) is 6.69. The molecule has 0 saturated carbocycles. The van der Waals surface area contributed by atoms with Gasteiger partial charge in [-0.25, -0.2) is 4.39 Å². The maximum Gasteiger partial charge on any atom is 0.261 e. The summed E-state index contributed by atoms with van der Waals surface area (Å²) in [7, 11) is 0. The van der Waals surface area contributed by atoms with Gasteiger partial charge in [0.05, 0.1) is 6.04 Å². The van der Waals surface area contributed by atoms with Crippen LogP contribution in [0.3, 0.4) is 0 Å². The van der Waals surface area contributed by atoms with E-state index < -0.39 is 11.9 Å². The Labute approximate surface area is 123 Å². The summed E-state index contributed by atoms with van der Waals surface area (Å²) in [5.41, 5.74) is 0.955. The Morgan fingerprint density at radius 1 is 1.24 bits per heavy atom. The van der Waals surface area contributed by atoms with Crippen LogP contribution in [0.2, 0.25) is 0 Å². The Kier molecular flexibility index (Phi) is 4.87. The Balaban J connectivity index is 1.94. The molecular formula is C16H17FN2O2. The number of benzene rings is 1. The lowest BCUT2D eigenvalue weighted by Gasteiger charge is -2.19. The van der Waals surface area contributed by atoms with E-state index in [9.17, 15) is 9.18 Å². The molecular weight excluding hydrogens is 271 g/mol. The highest BCUT2D eigenvalue weighted by atomic mass is 19.1. The highest BCUT2D eigenvalue weighted by Gasteiger charge is 2.17. The molecule has 2 rings (SSSR count). The Hall–Kier alpha value is -2.43. The molecule has 21 heavy (non-hydrogen) atoms. The van der Waals surface area contributed by atoms with E-state index in [1.807, 2.05) is 19.1 Å². The summed E-state index contributed by atoms with van der Waals surface area (Å²) in [6.07, 6.45) is 2.63. The van der Waals surface area contributed by atoms with Gasteiger partial charge in [-0.05, 0) is 43.7 Å². The minimum absolute atomic E-state index is 0.154. The van der Waals surface area contributed by atoms with E-state index in [0.717, 1.165) is 5.56 Å². The first kappa shape index (κ1) is 15.0. The van der Waals surface area contributed by atoms with Crippen LogP contribution in [0.15, 0.2) is 48.8 Å². The molecule has 0 fully saturated rings. The van der Waals surface area contributed by atoms with Gasteiger partial charge in [0.25, 0.3) is 5.91 Å². The zero-order valence-corrected chi connectivity index (χ0v) is 11.9. The van der Waals surface area contributed by atoms with Crippen LogP contribution in [0.25, 0.3) is 0 Å². The third-order valence-electron chi connectivity index (χ3n) is 3.04. The van der Waals surface area contributed by atoms with Crippen LogP contribution in [0.4, 0.5) is 4.39 Å². The average molecular weight is 288 g/mol. The second-order valence-corrected chi connectivity index (χ2v) is 4.73. The summed E-state index contributed by atoms with van der Waals surface area (Å²) < 4.78 is 18.5. The van der Waals surface area contributed by atoms with Crippen LogP contribution < -0.4 is 10.1 Å². The topological polar surface area (TPSA) is 51.2 Å². The largest absolute Gasteiger partial charge is 0.481 e. The van der Waals surface area contributed by atoms with Crippen LogP contribution in [-0.4, -0.2) is 17.0 Å². The van der Waals surface area contributed by atoms with Gasteiger partial charge in [-0.3, -0.25) is 9.78 Å². The van der Waals surface area contributed by atoms with Crippen molar-refractivity contribution in [2.75, 3.05) is 0 Å². The first-order chi connectivity index (χ1) is 10.1. The second-order valence-electron chi connectivity index (χ2n) is 4.73. The predicted molar refractivity (Wildman–Crippen MR) is 77.3 cm³/mol. The van der Waals surface area contributed by atoms with Crippen molar-refractivity contribution in [2.24, 2.45) is 0 Å². The first-order valence-electron chi connectivity index (χ1n) is 6.69. The van der Waals surface area contributed by atoms with Gasteiger partial charge in [0, 0.05) is 18.5 Å². The van der Waals surface area contributed by atoms with E-state index in [-0.39, 0.29) is 11.9 Å². The Bertz CT molecular complexity index is 604. The number of ether oxygens (including phenoxy) is 1. The van der Waals surface area contributed by atoms with Crippen LogP contribution in [0.5, 0.6) is 5.75 Å². The van der Waals surface area contributed by atoms with Crippen LogP contribution in [0.1, 0.15) is 25.5 Å². The Morgan fingerprint density at radius 3 is 2.62 bits per heavy atom. The van der Waals surface area contributed by atoms with E-state index in [4.69, 9.17) is 4.74 Å². The maximum atomic E-state index is 13.1. The summed E-state index contributed by atoms with van der Waals surface area (Å²) in [5, 5.41) is 2.85. The molecule has 1 heterocycles. The highest BCUT2D eigenvalue weighted by molar-refractivity contribution is 5.81. The summed E-state index contributed by atoms with van der Waals surface area (Å²) in [6, 6.07) is 9.23. The van der Waals surface area contributed by atoms with Crippen molar-refractivity contribution in [1.82, 2.24) is 10.3 Å². The van der Waals surface area contributed by atoms with E-state index in [1.165, 1.54) is 18.2 Å². The molecule has 0 unspecified atom stereocenters. The van der Waals surface area contributed by atoms with Gasteiger partial charge in [0.1, 0.15) is 11.6 Å². The van der Waals surface area contributed by atoms with Crippen LogP contribution in [-0.2, 0) is 4.79 Å². The second kappa shape index (κ2) is 6.83. The number of nitrogens with one attached hydrogen (secondary N) is 1. The van der Waals surface area contributed by atoms with E-state index in [1.54, 1.807) is 25.4 Å². The molecule has 0 aliphatic carbocycles. The summed E-state index contributed by atoms with van der Waals surface area (Å²) >= 11 is 0. The summed E-state index contributed by atoms with van der Waals surface area (Å²) in [6.45, 7) is 3.50. The van der Waals surface area contributed by atoms with E-state index in [2.05, 4.69) is 10.3 Å². The van der Waals surface area contributed by atoms with Gasteiger partial charge in [0.2, 0.25) is 0 Å². The highest BCUT2D eigenvalue weighted by Crippen LogP contribution is 2.15. The molecule has 4 nitrogen and oxygen atoms in total. The molecule has 1 amide bonds. The fraction of sp³-hybridized carbons (Fsp3) is 0.250. The molecule has 0 aliphatic rings. The number of rotatable bonds is 5. The van der Waals surface area contributed by atoms with Crippen molar-refractivity contribution < 1.29 is 13.9 Å². The number of hydrogen-bond donors (Lipinski definition) is 1. The molecule has 0 saturated heterocycles. The molecule has 1 aromatic carbocycles. The lowest BCUT2D eigenvalue weighted by atomic mass is 10.1. The van der Waals surface area contributed by atoms with Crippen molar-refractivity contribution >= 4 is 5.91 Å². The molecule has 0 spiro atoms. The maximum absolute atomic E-state index is 13.1. The number of carbonyl (C=O) groups is 1. The smallest absolute Gasteiger partial charge is 0.261 e. The van der Waals surface area contributed by atoms with Crippen LogP contribution >= 0.6 is 0 Å². The number of hydrogen-bond acceptors (Lipinski definition) is 3. The number of aromatic nitrogens is 1. The summed E-state index contributed by atoms with van der Waals surface area (Å²) in [5.74, 6) is -0.331. The lowest BCUT2D eigenvalue weighted by Crippen LogP contribution is -2.37. The number of carbonyl (C=O) groups excluding carboxylic acids is 1. The van der Waals surface area contributed by atoms with Gasteiger partial charge in [0.15, 0.2) is 6.10 Å². The third kappa shape index (κ3) is 4.27. The van der Waals surface area contributed by atoms with Crippen molar-refractivity contribution in [3.8, 4) is 5.75 Å². The molecule has 0 radical (unpaired) electrons. The number of amides is 1. The van der Waals surface area contributed by atoms with Crippen molar-refractivity contribution in [3.63, 3.8) is 0 Å². The van der Waals surface area contributed by atoms with Crippen molar-refractivity contribution in [1.29, 1.82) is 0 Å². The van der Waals surface area contributed by atoms with E-state index in [0.29, 0.717) is 5.75 Å². The van der Waals surface area contributed by atoms with Gasteiger partial charge in [-0.1, -0.05) is 6.07 Å². The average Bonchev–Trinajstić information content (AvgIpc) is 2.48. The molecule has 110 valence electrons. The Morgan fingerprint density at radius 2 is 1.95 bits per heavy atom. The fourth-order valence-corrected chi connectivity index (χ4v) is 1.86. The summed E-state index contributed by atoms with van der Waals surface area (Å²) in [4.78, 5) is 16.0. The van der Waals surface area contributed by atoms with Crippen molar-refractivity contribution in [3.05, 3.63) is 60.2 Å². The van der Waals surface area contributed by atoms with Gasteiger partial charge >= 0.3 is 0 Å². The molecule has 5 heteroatoms. The third-order valence-corrected chi connectivity index (χ3v) is 3.04. The lowest BCUT2D eigenvalue weighted by molar-refractivity contribution is -0.127. The number of nitrogens with zero attached hydrogens (tertiary/aromatic N) is 1. The zero-order valence-electron chi connectivity index (χ0n) is 11.9. The molecule has 0 aliphatic heterocycles. The fourth-order valence-electron chi connectivity index (χ4n) is 1.86. The quantitative estimate of drug-likeness (QED) is 0.920. The monoisotopic (exact) mass is 288 g/mol. The minimum atomic E-state index is -0.712. The molecule has 1 N–H and O–H groups in total. The normalized spacial score (nSPS) is 13.3. The SMILES string of the molecule is C[C@@H](Oc1cccc(F)c1)C(=O)N[C@H](C)c1ccncc1. The van der Waals surface area contributed by atoms with Gasteiger partial charge < -0.3 is 10.1 Å². The standard InChI is InChI=1S/C16H17FN2O2/c1-11(13-6-8-18-9-7-13)19-16(20)12(2)21-15-5-3-4-14(17)10-15/h3-12H,1-2H3,(H,19,20)/t11-,12-/m1/s1. The van der Waals surface area contributed by atoms with Crippen molar-refractivity contribution in [2.45, 2.75) is 26.0 Å². The number of halogens is 1. The predicted octanol–water partition coefficient (Wildman–Crippen LogP) is 2.87. The number of pyridine rings is 1. The zero-order chi connectivity index (χ0) is 15.2. The van der Waals surface area contributed by atoms with E-state index >= 15 is 0 Å².